The highest BCUT2D eigenvalue weighted by molar-refractivity contribution is 7.88. The normalized spacial score (nSPS) is 27.4. The van der Waals surface area contributed by atoms with Gasteiger partial charge in [0.15, 0.2) is 6.10 Å². The number of anilines is 1. The molecule has 156 valence electrons. The first-order valence-electron chi connectivity index (χ1n) is 10.0. The smallest absolute Gasteiger partial charge is 0.255 e. The number of nitrogens with zero attached hydrogens (tertiary/aromatic N) is 1. The molecule has 1 N–H and O–H groups in total. The van der Waals surface area contributed by atoms with E-state index in [0.717, 1.165) is 19.3 Å². The number of hydrogen-bond donors (Lipinski definition) is 1. The van der Waals surface area contributed by atoms with E-state index in [1.54, 1.807) is 28.6 Å². The van der Waals surface area contributed by atoms with Gasteiger partial charge in [-0.3, -0.25) is 4.79 Å². The van der Waals surface area contributed by atoms with Crippen molar-refractivity contribution in [2.45, 2.75) is 43.3 Å². The van der Waals surface area contributed by atoms with E-state index in [4.69, 9.17) is 9.47 Å². The molecule has 0 bridgehead atoms. The van der Waals surface area contributed by atoms with Crippen LogP contribution < -0.4 is 5.32 Å². The summed E-state index contributed by atoms with van der Waals surface area (Å²) < 4.78 is 38.4. The number of nitrogens with one attached hydrogen (secondary N) is 1. The molecule has 2 aliphatic heterocycles. The number of piperidine rings is 1. The highest BCUT2D eigenvalue weighted by Crippen LogP contribution is 2.22. The van der Waals surface area contributed by atoms with Crippen LogP contribution in [0.4, 0.5) is 5.69 Å². The molecule has 0 aromatic heterocycles. The minimum absolute atomic E-state index is 0.0688. The summed E-state index contributed by atoms with van der Waals surface area (Å²) in [4.78, 5) is 12.6. The van der Waals surface area contributed by atoms with Crippen molar-refractivity contribution < 1.29 is 22.7 Å². The number of ether oxygens (including phenoxy) is 2. The zero-order valence-electron chi connectivity index (χ0n) is 16.2. The fraction of sp³-hybridized carbons (Fsp3) is 0.476. The molecule has 3 aliphatic rings. The third-order valence-corrected chi connectivity index (χ3v) is 7.19. The summed E-state index contributed by atoms with van der Waals surface area (Å²) in [7, 11) is -3.35. The molecule has 1 aromatic rings. The molecule has 0 radical (unpaired) electrons. The van der Waals surface area contributed by atoms with Crippen LogP contribution in [0.2, 0.25) is 0 Å². The topological polar surface area (TPSA) is 84.9 Å². The Bertz CT molecular complexity index is 905. The van der Waals surface area contributed by atoms with Gasteiger partial charge in [0.2, 0.25) is 10.0 Å². The molecule has 1 amide bonds. The van der Waals surface area contributed by atoms with E-state index in [0.29, 0.717) is 24.3 Å². The minimum atomic E-state index is -3.35. The Labute approximate surface area is 171 Å². The summed E-state index contributed by atoms with van der Waals surface area (Å²) in [5.41, 5.74) is 1.20. The van der Waals surface area contributed by atoms with Gasteiger partial charge in [-0.15, -0.1) is 0 Å². The molecule has 0 spiro atoms. The van der Waals surface area contributed by atoms with Crippen molar-refractivity contribution >= 4 is 21.6 Å². The van der Waals surface area contributed by atoms with E-state index >= 15 is 0 Å². The highest BCUT2D eigenvalue weighted by Gasteiger charge is 2.33. The average Bonchev–Trinajstić information content (AvgIpc) is 2.74. The summed E-state index contributed by atoms with van der Waals surface area (Å²) in [6.45, 7) is 1.35. The molecule has 0 unspecified atom stereocenters. The first kappa shape index (κ1) is 20.3. The van der Waals surface area contributed by atoms with Crippen LogP contribution in [0.15, 0.2) is 48.6 Å². The zero-order valence-corrected chi connectivity index (χ0v) is 17.0. The van der Waals surface area contributed by atoms with E-state index in [2.05, 4.69) is 5.32 Å². The molecule has 7 nitrogen and oxygen atoms in total. The molecule has 0 saturated carbocycles. The largest absolute Gasteiger partial charge is 0.368 e. The summed E-state index contributed by atoms with van der Waals surface area (Å²) in [5.74, 6) is -0.372. The number of fused-ring (bicyclic) bond motifs is 1. The first-order chi connectivity index (χ1) is 14.0. The van der Waals surface area contributed by atoms with Crippen LogP contribution in [-0.2, 0) is 30.0 Å². The second-order valence-corrected chi connectivity index (χ2v) is 9.53. The van der Waals surface area contributed by atoms with Crippen molar-refractivity contribution in [1.82, 2.24) is 4.31 Å². The van der Waals surface area contributed by atoms with Crippen LogP contribution in [0.5, 0.6) is 0 Å². The summed E-state index contributed by atoms with van der Waals surface area (Å²) in [6.07, 6.45) is 9.30. The fourth-order valence-electron chi connectivity index (χ4n) is 3.81. The lowest BCUT2D eigenvalue weighted by Gasteiger charge is -2.34. The van der Waals surface area contributed by atoms with E-state index in [1.165, 1.54) is 0 Å². The lowest BCUT2D eigenvalue weighted by Crippen LogP contribution is -2.47. The van der Waals surface area contributed by atoms with Crippen molar-refractivity contribution in [2.24, 2.45) is 0 Å². The fourth-order valence-corrected chi connectivity index (χ4v) is 5.41. The molecule has 2 saturated heterocycles. The number of allylic oxidation sites excluding steroid dienone is 2. The van der Waals surface area contributed by atoms with Crippen LogP contribution in [-0.4, -0.2) is 56.6 Å². The van der Waals surface area contributed by atoms with Gasteiger partial charge >= 0.3 is 0 Å². The van der Waals surface area contributed by atoms with Crippen LogP contribution in [0.25, 0.3) is 0 Å². The quantitative estimate of drug-likeness (QED) is 0.793. The van der Waals surface area contributed by atoms with Gasteiger partial charge in [0.05, 0.1) is 12.4 Å². The zero-order chi connectivity index (χ0) is 20.3. The lowest BCUT2D eigenvalue weighted by molar-refractivity contribution is -0.164. The Morgan fingerprint density at radius 1 is 1.10 bits per heavy atom. The van der Waals surface area contributed by atoms with E-state index in [-0.39, 0.29) is 30.5 Å². The van der Waals surface area contributed by atoms with Crippen molar-refractivity contribution in [1.29, 1.82) is 0 Å². The van der Waals surface area contributed by atoms with Gasteiger partial charge in [0.25, 0.3) is 5.91 Å². The molecule has 1 aliphatic carbocycles. The second-order valence-electron chi connectivity index (χ2n) is 7.56. The monoisotopic (exact) mass is 418 g/mol. The Morgan fingerprint density at radius 2 is 1.86 bits per heavy atom. The molecule has 8 heteroatoms. The predicted octanol–water partition coefficient (Wildman–Crippen LogP) is 2.22. The van der Waals surface area contributed by atoms with E-state index in [9.17, 15) is 13.2 Å². The standard InChI is InChI=1S/C21H26N2O5S/c24-21(20-14-27-18-9-2-3-10-19(18)28-20)22-17-8-6-7-16(13-17)15-29(25,26)23-11-4-1-5-12-23/h2-3,6-10,13,18-20H,1,4-5,11-12,14-15H2,(H,22,24)/t18-,19-,20-/m0/s1. The van der Waals surface area contributed by atoms with E-state index < -0.39 is 16.1 Å². The number of carbonyl (C=O) groups excluding carboxylic acids is 1. The van der Waals surface area contributed by atoms with Crippen LogP contribution >= 0.6 is 0 Å². The Morgan fingerprint density at radius 3 is 2.66 bits per heavy atom. The maximum absolute atomic E-state index is 12.7. The number of sulfonamides is 1. The van der Waals surface area contributed by atoms with Crippen LogP contribution in [0.1, 0.15) is 24.8 Å². The maximum atomic E-state index is 12.7. The van der Waals surface area contributed by atoms with Gasteiger partial charge in [-0.1, -0.05) is 42.9 Å². The third-order valence-electron chi connectivity index (χ3n) is 5.34. The minimum Gasteiger partial charge on any atom is -0.368 e. The van der Waals surface area contributed by atoms with Crippen molar-refractivity contribution in [3.63, 3.8) is 0 Å². The Kier molecular flexibility index (Phi) is 6.15. The molecular formula is C21H26N2O5S. The van der Waals surface area contributed by atoms with Crippen molar-refractivity contribution in [2.75, 3.05) is 25.0 Å². The van der Waals surface area contributed by atoms with Gasteiger partial charge in [0, 0.05) is 18.8 Å². The molecule has 1 aromatic carbocycles. The molecule has 3 atom stereocenters. The number of benzene rings is 1. The van der Waals surface area contributed by atoms with Crippen LogP contribution in [0.3, 0.4) is 0 Å². The van der Waals surface area contributed by atoms with Gasteiger partial charge in [0.1, 0.15) is 12.2 Å². The van der Waals surface area contributed by atoms with Gasteiger partial charge < -0.3 is 14.8 Å². The van der Waals surface area contributed by atoms with Crippen LogP contribution in [0, 0.1) is 0 Å². The molecular weight excluding hydrogens is 392 g/mol. The Hall–Kier alpha value is -2.00. The Balaban J connectivity index is 1.38. The number of amides is 1. The molecule has 29 heavy (non-hydrogen) atoms. The van der Waals surface area contributed by atoms with Gasteiger partial charge in [-0.05, 0) is 30.5 Å². The summed E-state index contributed by atoms with van der Waals surface area (Å²) >= 11 is 0. The number of rotatable bonds is 5. The average molecular weight is 419 g/mol. The van der Waals surface area contributed by atoms with E-state index in [1.807, 2.05) is 24.3 Å². The summed E-state index contributed by atoms with van der Waals surface area (Å²) in [5, 5.41) is 2.82. The first-order valence-corrected chi connectivity index (χ1v) is 11.6. The van der Waals surface area contributed by atoms with Crippen molar-refractivity contribution in [3.8, 4) is 0 Å². The maximum Gasteiger partial charge on any atom is 0.255 e. The van der Waals surface area contributed by atoms with Gasteiger partial charge in [-0.2, -0.15) is 0 Å². The van der Waals surface area contributed by atoms with Crippen molar-refractivity contribution in [3.05, 3.63) is 54.1 Å². The van der Waals surface area contributed by atoms with Gasteiger partial charge in [-0.25, -0.2) is 12.7 Å². The number of hydrogen-bond acceptors (Lipinski definition) is 5. The molecule has 4 rings (SSSR count). The lowest BCUT2D eigenvalue weighted by atomic mass is 10.1. The highest BCUT2D eigenvalue weighted by atomic mass is 32.2. The number of carbonyl (C=O) groups is 1. The second kappa shape index (κ2) is 8.79. The third kappa shape index (κ3) is 4.95. The summed E-state index contributed by atoms with van der Waals surface area (Å²) in [6, 6.07) is 6.96. The molecule has 2 fully saturated rings. The predicted molar refractivity (Wildman–Crippen MR) is 110 cm³/mol. The molecule has 2 heterocycles. The SMILES string of the molecule is O=C(Nc1cccc(CS(=O)(=O)N2CCCCC2)c1)[C@@H]1CO[C@H]2C=CC=C[C@@H]2O1.